The third-order valence-electron chi connectivity index (χ3n) is 4.95. The second-order valence-electron chi connectivity index (χ2n) is 8.70. The molecule has 0 saturated heterocycles. The number of fused-ring (bicyclic) bond motifs is 1. The fourth-order valence-electron chi connectivity index (χ4n) is 3.86. The Balaban J connectivity index is 2.59. The predicted octanol–water partition coefficient (Wildman–Crippen LogP) is 4.20. The van der Waals surface area contributed by atoms with Gasteiger partial charge < -0.3 is 14.7 Å². The van der Waals surface area contributed by atoms with Crippen molar-refractivity contribution < 1.29 is 24.2 Å². The van der Waals surface area contributed by atoms with E-state index < -0.39 is 23.4 Å². The van der Waals surface area contributed by atoms with Crippen LogP contribution in [-0.4, -0.2) is 48.2 Å². The van der Waals surface area contributed by atoms with Crippen LogP contribution < -0.4 is 9.80 Å². The van der Waals surface area contributed by atoms with Crippen molar-refractivity contribution >= 4 is 29.2 Å². The number of ketones is 1. The van der Waals surface area contributed by atoms with Crippen LogP contribution in [0.3, 0.4) is 0 Å². The first-order chi connectivity index (χ1) is 14.1. The summed E-state index contributed by atoms with van der Waals surface area (Å²) in [7, 11) is 0. The lowest BCUT2D eigenvalue weighted by Crippen LogP contribution is -2.41. The molecule has 7 nitrogen and oxygen atoms in total. The molecule has 2 rings (SSSR count). The highest BCUT2D eigenvalue weighted by Crippen LogP contribution is 2.39. The summed E-state index contributed by atoms with van der Waals surface area (Å²) >= 11 is 0. The zero-order chi connectivity index (χ0) is 22.5. The van der Waals surface area contributed by atoms with E-state index in [1.54, 1.807) is 11.0 Å². The Morgan fingerprint density at radius 1 is 1.13 bits per heavy atom. The molecule has 30 heavy (non-hydrogen) atoms. The molecule has 1 amide bonds. The Labute approximate surface area is 179 Å². The number of ether oxygens (including phenoxy) is 1. The standard InChI is InChI=1S/C23H34N2O5/c1-6-12-24(13-7-2)18-11-10-16(15-19(26)21(27)28)20-17(18)9-8-14-25(20)22(29)30-23(3,4)5/h10-11H,6-9,12-15H2,1-5H3,(H,27,28). The van der Waals surface area contributed by atoms with Gasteiger partial charge in [0.1, 0.15) is 5.60 Å². The average Bonchev–Trinajstić information content (AvgIpc) is 2.66. The van der Waals surface area contributed by atoms with Gasteiger partial charge in [0.2, 0.25) is 5.78 Å². The van der Waals surface area contributed by atoms with Crippen molar-refractivity contribution in [3.05, 3.63) is 23.3 Å². The molecule has 0 saturated carbocycles. The summed E-state index contributed by atoms with van der Waals surface area (Å²) in [6.07, 6.45) is 2.80. The molecule has 0 aromatic heterocycles. The van der Waals surface area contributed by atoms with Crippen molar-refractivity contribution in [3.8, 4) is 0 Å². The number of hydrogen-bond acceptors (Lipinski definition) is 5. The van der Waals surface area contributed by atoms with Crippen LogP contribution in [0.25, 0.3) is 0 Å². The number of anilines is 2. The summed E-state index contributed by atoms with van der Waals surface area (Å²) in [5.74, 6) is -2.36. The molecule has 0 radical (unpaired) electrons. The first-order valence-electron chi connectivity index (χ1n) is 10.7. The zero-order valence-electron chi connectivity index (χ0n) is 18.8. The van der Waals surface area contributed by atoms with Crippen LogP contribution in [-0.2, 0) is 27.2 Å². The van der Waals surface area contributed by atoms with Gasteiger partial charge in [-0.15, -0.1) is 0 Å². The molecule has 7 heteroatoms. The lowest BCUT2D eigenvalue weighted by atomic mass is 9.93. The van der Waals surface area contributed by atoms with E-state index in [1.165, 1.54) is 0 Å². The van der Waals surface area contributed by atoms with E-state index in [1.807, 2.05) is 26.8 Å². The van der Waals surface area contributed by atoms with Crippen LogP contribution in [0.5, 0.6) is 0 Å². The van der Waals surface area contributed by atoms with E-state index in [0.717, 1.165) is 50.0 Å². The molecule has 166 valence electrons. The SMILES string of the molecule is CCCN(CCC)c1ccc(CC(=O)C(=O)O)c2c1CCCN2C(=O)OC(C)(C)C. The van der Waals surface area contributed by atoms with Crippen LogP contribution >= 0.6 is 0 Å². The minimum absolute atomic E-state index is 0.251. The Bertz CT molecular complexity index is 792. The van der Waals surface area contributed by atoms with Gasteiger partial charge >= 0.3 is 12.1 Å². The summed E-state index contributed by atoms with van der Waals surface area (Å²) in [4.78, 5) is 40.0. The minimum atomic E-state index is -1.47. The molecule has 0 spiro atoms. The number of carboxylic acids is 1. The number of carboxylic acid groups (broad SMARTS) is 1. The van der Waals surface area contributed by atoms with Gasteiger partial charge in [-0.2, -0.15) is 0 Å². The molecule has 1 aliphatic rings. The summed E-state index contributed by atoms with van der Waals surface area (Å²) < 4.78 is 5.61. The highest BCUT2D eigenvalue weighted by atomic mass is 16.6. The van der Waals surface area contributed by atoms with E-state index in [4.69, 9.17) is 9.84 Å². The van der Waals surface area contributed by atoms with Crippen LogP contribution in [0.1, 0.15) is 65.0 Å². The van der Waals surface area contributed by atoms with Gasteiger partial charge in [-0.1, -0.05) is 19.9 Å². The van der Waals surface area contributed by atoms with Crippen molar-refractivity contribution in [3.63, 3.8) is 0 Å². The molecule has 0 unspecified atom stereocenters. The molecule has 1 N–H and O–H groups in total. The van der Waals surface area contributed by atoms with Crippen LogP contribution in [0.4, 0.5) is 16.2 Å². The molecule has 0 fully saturated rings. The Morgan fingerprint density at radius 2 is 1.77 bits per heavy atom. The molecule has 0 bridgehead atoms. The van der Waals surface area contributed by atoms with Crippen LogP contribution in [0.15, 0.2) is 12.1 Å². The number of Topliss-reactive ketones (excluding diaryl/α,β-unsaturated/α-hetero) is 1. The van der Waals surface area contributed by atoms with E-state index in [9.17, 15) is 14.4 Å². The number of benzene rings is 1. The Morgan fingerprint density at radius 3 is 2.30 bits per heavy atom. The molecule has 1 aromatic rings. The molecular weight excluding hydrogens is 384 g/mol. The van der Waals surface area contributed by atoms with E-state index in [2.05, 4.69) is 18.7 Å². The fraction of sp³-hybridized carbons (Fsp3) is 0.609. The van der Waals surface area contributed by atoms with Crippen molar-refractivity contribution in [2.45, 2.75) is 72.3 Å². The predicted molar refractivity (Wildman–Crippen MR) is 117 cm³/mol. The zero-order valence-corrected chi connectivity index (χ0v) is 18.8. The topological polar surface area (TPSA) is 87.2 Å². The number of amides is 1. The number of carbonyl (C=O) groups is 3. The van der Waals surface area contributed by atoms with E-state index >= 15 is 0 Å². The monoisotopic (exact) mass is 418 g/mol. The maximum absolute atomic E-state index is 13.0. The quantitative estimate of drug-likeness (QED) is 0.637. The van der Waals surface area contributed by atoms with Gasteiger partial charge in [-0.25, -0.2) is 9.59 Å². The third kappa shape index (κ3) is 5.74. The second-order valence-corrected chi connectivity index (χ2v) is 8.70. The fourth-order valence-corrected chi connectivity index (χ4v) is 3.86. The smallest absolute Gasteiger partial charge is 0.414 e. The lowest BCUT2D eigenvalue weighted by Gasteiger charge is -2.36. The largest absolute Gasteiger partial charge is 0.475 e. The maximum Gasteiger partial charge on any atom is 0.414 e. The number of carbonyl (C=O) groups excluding carboxylic acids is 2. The third-order valence-corrected chi connectivity index (χ3v) is 4.95. The van der Waals surface area contributed by atoms with Crippen molar-refractivity contribution in [2.24, 2.45) is 0 Å². The molecule has 1 aromatic carbocycles. The molecule has 0 atom stereocenters. The van der Waals surface area contributed by atoms with Gasteiger partial charge in [0.15, 0.2) is 0 Å². The minimum Gasteiger partial charge on any atom is -0.475 e. The lowest BCUT2D eigenvalue weighted by molar-refractivity contribution is -0.148. The summed E-state index contributed by atoms with van der Waals surface area (Å²) in [5.41, 5.74) is 2.58. The summed E-state index contributed by atoms with van der Waals surface area (Å²) in [5, 5.41) is 9.10. The highest BCUT2D eigenvalue weighted by Gasteiger charge is 2.32. The Hall–Kier alpha value is -2.57. The average molecular weight is 419 g/mol. The van der Waals surface area contributed by atoms with Gasteiger partial charge in [-0.05, 0) is 63.6 Å². The number of hydrogen-bond donors (Lipinski definition) is 1. The van der Waals surface area contributed by atoms with Gasteiger partial charge in [0.25, 0.3) is 0 Å². The number of aliphatic carboxylic acids is 1. The van der Waals surface area contributed by atoms with E-state index in [-0.39, 0.29) is 6.42 Å². The molecule has 1 aliphatic heterocycles. The van der Waals surface area contributed by atoms with Crippen LogP contribution in [0, 0.1) is 0 Å². The molecule has 0 aliphatic carbocycles. The molecule has 1 heterocycles. The normalized spacial score (nSPS) is 13.6. The van der Waals surface area contributed by atoms with E-state index in [0.29, 0.717) is 17.8 Å². The summed E-state index contributed by atoms with van der Waals surface area (Å²) in [6.45, 7) is 11.9. The first-order valence-corrected chi connectivity index (χ1v) is 10.7. The maximum atomic E-state index is 13.0. The molecular formula is C23H34N2O5. The van der Waals surface area contributed by atoms with Gasteiger partial charge in [-0.3, -0.25) is 9.69 Å². The number of rotatable bonds is 8. The van der Waals surface area contributed by atoms with Gasteiger partial charge in [0.05, 0.1) is 5.69 Å². The van der Waals surface area contributed by atoms with Crippen LogP contribution in [0.2, 0.25) is 0 Å². The highest BCUT2D eigenvalue weighted by molar-refractivity contribution is 6.33. The second kappa shape index (κ2) is 9.96. The van der Waals surface area contributed by atoms with Crippen molar-refractivity contribution in [1.29, 1.82) is 0 Å². The van der Waals surface area contributed by atoms with Crippen molar-refractivity contribution in [2.75, 3.05) is 29.4 Å². The van der Waals surface area contributed by atoms with Crippen molar-refractivity contribution in [1.82, 2.24) is 0 Å². The first kappa shape index (κ1) is 23.7. The Kier molecular flexibility index (Phi) is 7.87. The summed E-state index contributed by atoms with van der Waals surface area (Å²) in [6, 6.07) is 3.75. The number of nitrogens with zero attached hydrogens (tertiary/aromatic N) is 2. The van der Waals surface area contributed by atoms with Gasteiger partial charge in [0, 0.05) is 31.7 Å².